The van der Waals surface area contributed by atoms with Crippen molar-refractivity contribution < 1.29 is 0 Å². The molecule has 0 heterocycles. The number of nitrogens with one attached hydrogen (secondary N) is 1. The maximum atomic E-state index is 3.78. The molecule has 1 rings (SSSR count). The van der Waals surface area contributed by atoms with Gasteiger partial charge in [-0.3, -0.25) is 0 Å². The van der Waals surface area contributed by atoms with Crippen molar-refractivity contribution in [2.45, 2.75) is 66.3 Å². The van der Waals surface area contributed by atoms with Crippen molar-refractivity contribution in [3.63, 3.8) is 0 Å². The predicted molar refractivity (Wildman–Crippen MR) is 68.0 cm³/mol. The summed E-state index contributed by atoms with van der Waals surface area (Å²) in [6, 6.07) is 0.765. The molecule has 1 heteroatoms. The summed E-state index contributed by atoms with van der Waals surface area (Å²) < 4.78 is 0. The van der Waals surface area contributed by atoms with Crippen molar-refractivity contribution in [3.8, 4) is 0 Å². The SMILES string of the molecule is CC1CCCC(C)C1NCCC(C)(C)C. The molecule has 0 bridgehead atoms. The topological polar surface area (TPSA) is 12.0 Å². The molecule has 1 saturated carbocycles. The van der Waals surface area contributed by atoms with Crippen molar-refractivity contribution in [1.29, 1.82) is 0 Å². The molecule has 0 spiro atoms. The Labute approximate surface area is 96.0 Å². The van der Waals surface area contributed by atoms with Gasteiger partial charge in [0.25, 0.3) is 0 Å². The van der Waals surface area contributed by atoms with Crippen LogP contribution in [0.15, 0.2) is 0 Å². The minimum atomic E-state index is 0.466. The van der Waals surface area contributed by atoms with E-state index < -0.39 is 0 Å². The van der Waals surface area contributed by atoms with Crippen LogP contribution in [0.1, 0.15) is 60.3 Å². The second-order valence-corrected chi connectivity index (χ2v) is 6.68. The molecule has 2 atom stereocenters. The van der Waals surface area contributed by atoms with Crippen LogP contribution >= 0.6 is 0 Å². The van der Waals surface area contributed by atoms with E-state index in [0.717, 1.165) is 17.9 Å². The summed E-state index contributed by atoms with van der Waals surface area (Å²) in [5.74, 6) is 1.74. The van der Waals surface area contributed by atoms with Gasteiger partial charge in [0.2, 0.25) is 0 Å². The Morgan fingerprint density at radius 1 is 1.07 bits per heavy atom. The maximum absolute atomic E-state index is 3.78. The molecule has 0 aromatic carbocycles. The highest BCUT2D eigenvalue weighted by Gasteiger charge is 2.27. The number of hydrogen-bond acceptors (Lipinski definition) is 1. The van der Waals surface area contributed by atoms with E-state index in [4.69, 9.17) is 0 Å². The van der Waals surface area contributed by atoms with Gasteiger partial charge in [-0.1, -0.05) is 41.0 Å². The first kappa shape index (κ1) is 13.0. The summed E-state index contributed by atoms with van der Waals surface area (Å²) in [5.41, 5.74) is 0.466. The van der Waals surface area contributed by atoms with Crippen molar-refractivity contribution >= 4 is 0 Å². The zero-order valence-electron chi connectivity index (χ0n) is 11.3. The molecule has 90 valence electrons. The van der Waals surface area contributed by atoms with Gasteiger partial charge in [0.1, 0.15) is 0 Å². The monoisotopic (exact) mass is 211 g/mol. The molecule has 2 unspecified atom stereocenters. The molecule has 1 aliphatic rings. The van der Waals surface area contributed by atoms with Gasteiger partial charge < -0.3 is 5.32 Å². The van der Waals surface area contributed by atoms with Crippen LogP contribution in [-0.4, -0.2) is 12.6 Å². The van der Waals surface area contributed by atoms with Crippen LogP contribution in [0.2, 0.25) is 0 Å². The fraction of sp³-hybridized carbons (Fsp3) is 1.00. The molecule has 0 aromatic rings. The van der Waals surface area contributed by atoms with E-state index in [1.165, 1.54) is 32.2 Å². The van der Waals surface area contributed by atoms with Gasteiger partial charge >= 0.3 is 0 Å². The summed E-state index contributed by atoms with van der Waals surface area (Å²) in [6.07, 6.45) is 5.54. The fourth-order valence-corrected chi connectivity index (χ4v) is 2.70. The second kappa shape index (κ2) is 5.34. The summed E-state index contributed by atoms with van der Waals surface area (Å²) in [5, 5.41) is 3.78. The first-order chi connectivity index (χ1) is 6.90. The lowest BCUT2D eigenvalue weighted by molar-refractivity contribution is 0.201. The molecule has 15 heavy (non-hydrogen) atoms. The van der Waals surface area contributed by atoms with Crippen LogP contribution < -0.4 is 5.32 Å². The molecule has 1 aliphatic carbocycles. The first-order valence-electron chi connectivity index (χ1n) is 6.63. The van der Waals surface area contributed by atoms with Gasteiger partial charge in [0.15, 0.2) is 0 Å². The molecule has 1 N–H and O–H groups in total. The third-order valence-electron chi connectivity index (χ3n) is 3.80. The normalized spacial score (nSPS) is 33.0. The quantitative estimate of drug-likeness (QED) is 0.748. The number of hydrogen-bond donors (Lipinski definition) is 1. The van der Waals surface area contributed by atoms with Gasteiger partial charge in [0.05, 0.1) is 0 Å². The standard InChI is InChI=1S/C14H29N/c1-11-7-6-8-12(2)13(11)15-10-9-14(3,4)5/h11-13,15H,6-10H2,1-5H3. The molecule has 0 radical (unpaired) electrons. The molecule has 0 amide bonds. The molecule has 1 fully saturated rings. The van der Waals surface area contributed by atoms with Gasteiger partial charge in [-0.05, 0) is 43.1 Å². The number of rotatable bonds is 3. The maximum Gasteiger partial charge on any atom is 0.0118 e. The second-order valence-electron chi connectivity index (χ2n) is 6.68. The van der Waals surface area contributed by atoms with E-state index in [-0.39, 0.29) is 0 Å². The lowest BCUT2D eigenvalue weighted by Gasteiger charge is -2.36. The summed E-state index contributed by atoms with van der Waals surface area (Å²) in [4.78, 5) is 0. The minimum Gasteiger partial charge on any atom is -0.313 e. The Morgan fingerprint density at radius 2 is 1.60 bits per heavy atom. The summed E-state index contributed by atoms with van der Waals surface area (Å²) in [7, 11) is 0. The third kappa shape index (κ3) is 4.55. The highest BCUT2D eigenvalue weighted by molar-refractivity contribution is 4.83. The van der Waals surface area contributed by atoms with E-state index in [1.807, 2.05) is 0 Å². The van der Waals surface area contributed by atoms with Gasteiger partial charge in [0, 0.05) is 6.04 Å². The van der Waals surface area contributed by atoms with E-state index in [2.05, 4.69) is 39.9 Å². The van der Waals surface area contributed by atoms with Crippen molar-refractivity contribution in [1.82, 2.24) is 5.32 Å². The van der Waals surface area contributed by atoms with Crippen LogP contribution in [0.4, 0.5) is 0 Å². The van der Waals surface area contributed by atoms with Crippen LogP contribution in [-0.2, 0) is 0 Å². The lowest BCUT2D eigenvalue weighted by Crippen LogP contribution is -2.43. The molecule has 0 aliphatic heterocycles. The largest absolute Gasteiger partial charge is 0.313 e. The van der Waals surface area contributed by atoms with Crippen LogP contribution in [0.25, 0.3) is 0 Å². The van der Waals surface area contributed by atoms with Crippen LogP contribution in [0.5, 0.6) is 0 Å². The van der Waals surface area contributed by atoms with E-state index >= 15 is 0 Å². The highest BCUT2D eigenvalue weighted by Crippen LogP contribution is 2.29. The third-order valence-corrected chi connectivity index (χ3v) is 3.80. The fourth-order valence-electron chi connectivity index (χ4n) is 2.70. The lowest BCUT2D eigenvalue weighted by atomic mass is 9.78. The Kier molecular flexibility index (Phi) is 4.64. The van der Waals surface area contributed by atoms with Crippen LogP contribution in [0, 0.1) is 17.3 Å². The highest BCUT2D eigenvalue weighted by atomic mass is 14.9. The summed E-state index contributed by atoms with van der Waals surface area (Å²) in [6.45, 7) is 13.0. The molecular formula is C14H29N. The Bertz CT molecular complexity index is 170. The van der Waals surface area contributed by atoms with Crippen molar-refractivity contribution in [2.24, 2.45) is 17.3 Å². The smallest absolute Gasteiger partial charge is 0.0118 e. The average molecular weight is 211 g/mol. The minimum absolute atomic E-state index is 0.466. The van der Waals surface area contributed by atoms with Gasteiger partial charge in [-0.15, -0.1) is 0 Å². The zero-order chi connectivity index (χ0) is 11.5. The molecule has 0 aromatic heterocycles. The Balaban J connectivity index is 2.29. The van der Waals surface area contributed by atoms with Crippen LogP contribution in [0.3, 0.4) is 0 Å². The predicted octanol–water partition coefficient (Wildman–Crippen LogP) is 3.84. The molecular weight excluding hydrogens is 182 g/mol. The van der Waals surface area contributed by atoms with Crippen molar-refractivity contribution in [3.05, 3.63) is 0 Å². The van der Waals surface area contributed by atoms with Crippen molar-refractivity contribution in [2.75, 3.05) is 6.54 Å². The van der Waals surface area contributed by atoms with Gasteiger partial charge in [-0.2, -0.15) is 0 Å². The van der Waals surface area contributed by atoms with E-state index in [1.54, 1.807) is 0 Å². The van der Waals surface area contributed by atoms with E-state index in [0.29, 0.717) is 5.41 Å². The van der Waals surface area contributed by atoms with Gasteiger partial charge in [-0.25, -0.2) is 0 Å². The average Bonchev–Trinajstić information content (AvgIpc) is 2.08. The zero-order valence-corrected chi connectivity index (χ0v) is 11.3. The van der Waals surface area contributed by atoms with E-state index in [9.17, 15) is 0 Å². The first-order valence-corrected chi connectivity index (χ1v) is 6.63. The Hall–Kier alpha value is -0.0400. The Morgan fingerprint density at radius 3 is 2.07 bits per heavy atom. The summed E-state index contributed by atoms with van der Waals surface area (Å²) >= 11 is 0. The molecule has 1 nitrogen and oxygen atoms in total. The molecule has 0 saturated heterocycles.